The third-order valence-electron chi connectivity index (χ3n) is 5.35. The number of benzene rings is 1. The van der Waals surface area contributed by atoms with Crippen molar-refractivity contribution in [2.45, 2.75) is 64.5 Å². The molecule has 1 aromatic carbocycles. The van der Waals surface area contributed by atoms with Gasteiger partial charge in [-0.3, -0.25) is 9.69 Å². The summed E-state index contributed by atoms with van der Waals surface area (Å²) in [6.07, 6.45) is 4.34. The number of aliphatic hydroxyl groups excluding tert-OH is 1. The molecule has 1 fully saturated rings. The molecule has 152 valence electrons. The summed E-state index contributed by atoms with van der Waals surface area (Å²) in [6.45, 7) is 6.51. The number of para-hydroxylation sites is 1. The SMILES string of the molecule is CC(O)CN(CC(=O)Nc1cc(C2CCCC2)nn1-c1ccccc1)C(C)C. The molecule has 0 spiro atoms. The van der Waals surface area contributed by atoms with Crippen LogP contribution in [0.2, 0.25) is 0 Å². The Morgan fingerprint density at radius 3 is 2.54 bits per heavy atom. The van der Waals surface area contributed by atoms with Crippen molar-refractivity contribution in [1.82, 2.24) is 14.7 Å². The normalized spacial score (nSPS) is 16.1. The number of nitrogens with one attached hydrogen (secondary N) is 1. The summed E-state index contributed by atoms with van der Waals surface area (Å²) >= 11 is 0. The number of aromatic nitrogens is 2. The lowest BCUT2D eigenvalue weighted by Crippen LogP contribution is -2.42. The molecule has 1 atom stereocenters. The lowest BCUT2D eigenvalue weighted by atomic mass is 10.0. The van der Waals surface area contributed by atoms with Crippen LogP contribution < -0.4 is 5.32 Å². The third kappa shape index (κ3) is 5.20. The first-order chi connectivity index (χ1) is 13.4. The van der Waals surface area contributed by atoms with Crippen LogP contribution >= 0.6 is 0 Å². The molecule has 0 aliphatic heterocycles. The largest absolute Gasteiger partial charge is 0.392 e. The molecule has 1 unspecified atom stereocenters. The van der Waals surface area contributed by atoms with Crippen molar-refractivity contribution >= 4 is 11.7 Å². The van der Waals surface area contributed by atoms with E-state index in [0.717, 1.165) is 24.2 Å². The Labute approximate surface area is 167 Å². The molecule has 3 rings (SSSR count). The standard InChI is InChI=1S/C22H32N4O2/c1-16(2)25(14-17(3)27)15-22(28)23-21-13-20(18-9-7-8-10-18)24-26(21)19-11-5-4-6-12-19/h4-6,11-13,16-18,27H,7-10,14-15H2,1-3H3,(H,23,28). The quantitative estimate of drug-likeness (QED) is 0.730. The summed E-state index contributed by atoms with van der Waals surface area (Å²) in [5, 5.41) is 17.6. The van der Waals surface area contributed by atoms with E-state index in [2.05, 4.69) is 5.32 Å². The minimum atomic E-state index is -0.473. The zero-order valence-corrected chi connectivity index (χ0v) is 17.1. The molecule has 0 bridgehead atoms. The van der Waals surface area contributed by atoms with Crippen LogP contribution in [0, 0.1) is 0 Å². The second kappa shape index (κ2) is 9.34. The molecule has 1 aromatic heterocycles. The Morgan fingerprint density at radius 2 is 1.93 bits per heavy atom. The second-order valence-corrected chi connectivity index (χ2v) is 8.10. The zero-order valence-electron chi connectivity index (χ0n) is 17.1. The fourth-order valence-corrected chi connectivity index (χ4v) is 3.84. The van der Waals surface area contributed by atoms with Gasteiger partial charge in [-0.2, -0.15) is 5.10 Å². The van der Waals surface area contributed by atoms with Crippen molar-refractivity contribution in [3.8, 4) is 5.69 Å². The average molecular weight is 385 g/mol. The summed E-state index contributed by atoms with van der Waals surface area (Å²) in [7, 11) is 0. The summed E-state index contributed by atoms with van der Waals surface area (Å²) in [5.41, 5.74) is 1.99. The van der Waals surface area contributed by atoms with Crippen LogP contribution in [-0.2, 0) is 4.79 Å². The van der Waals surface area contributed by atoms with Gasteiger partial charge >= 0.3 is 0 Å². The van der Waals surface area contributed by atoms with Crippen molar-refractivity contribution in [2.75, 3.05) is 18.4 Å². The van der Waals surface area contributed by atoms with Gasteiger partial charge in [0.15, 0.2) is 0 Å². The third-order valence-corrected chi connectivity index (χ3v) is 5.35. The van der Waals surface area contributed by atoms with Crippen LogP contribution in [0.3, 0.4) is 0 Å². The van der Waals surface area contributed by atoms with Crippen molar-refractivity contribution in [2.24, 2.45) is 0 Å². The Morgan fingerprint density at radius 1 is 1.25 bits per heavy atom. The number of hydrogen-bond donors (Lipinski definition) is 2. The van der Waals surface area contributed by atoms with Gasteiger partial charge in [-0.1, -0.05) is 31.0 Å². The van der Waals surface area contributed by atoms with Gasteiger partial charge in [0.1, 0.15) is 5.82 Å². The van der Waals surface area contributed by atoms with E-state index in [-0.39, 0.29) is 18.5 Å². The number of nitrogens with zero attached hydrogens (tertiary/aromatic N) is 3. The molecule has 1 amide bonds. The molecule has 2 aromatic rings. The average Bonchev–Trinajstić information content (AvgIpc) is 3.31. The number of carbonyl (C=O) groups is 1. The minimum Gasteiger partial charge on any atom is -0.392 e. The van der Waals surface area contributed by atoms with E-state index in [0.29, 0.717) is 18.3 Å². The van der Waals surface area contributed by atoms with E-state index in [1.54, 1.807) is 6.92 Å². The number of aliphatic hydroxyl groups is 1. The maximum Gasteiger partial charge on any atom is 0.239 e. The highest BCUT2D eigenvalue weighted by Gasteiger charge is 2.23. The summed E-state index contributed by atoms with van der Waals surface area (Å²) in [5.74, 6) is 1.09. The van der Waals surface area contributed by atoms with E-state index in [4.69, 9.17) is 5.10 Å². The van der Waals surface area contributed by atoms with Crippen LogP contribution in [0.4, 0.5) is 5.82 Å². The van der Waals surface area contributed by atoms with E-state index in [9.17, 15) is 9.90 Å². The van der Waals surface area contributed by atoms with E-state index >= 15 is 0 Å². The van der Waals surface area contributed by atoms with Gasteiger partial charge < -0.3 is 10.4 Å². The predicted molar refractivity (Wildman–Crippen MR) is 112 cm³/mol. The van der Waals surface area contributed by atoms with E-state index < -0.39 is 6.10 Å². The first-order valence-electron chi connectivity index (χ1n) is 10.3. The summed E-state index contributed by atoms with van der Waals surface area (Å²) in [6, 6.07) is 12.1. The van der Waals surface area contributed by atoms with Gasteiger partial charge in [-0.05, 0) is 45.7 Å². The fourth-order valence-electron chi connectivity index (χ4n) is 3.84. The Balaban J connectivity index is 1.80. The minimum absolute atomic E-state index is 0.0931. The lowest BCUT2D eigenvalue weighted by Gasteiger charge is -2.26. The molecule has 6 nitrogen and oxygen atoms in total. The van der Waals surface area contributed by atoms with Gasteiger partial charge in [0.05, 0.1) is 24.0 Å². The molecule has 0 saturated heterocycles. The molecule has 1 aliphatic rings. The second-order valence-electron chi connectivity index (χ2n) is 8.10. The number of rotatable bonds is 8. The Kier molecular flexibility index (Phi) is 6.86. The number of hydrogen-bond acceptors (Lipinski definition) is 4. The highest BCUT2D eigenvalue weighted by atomic mass is 16.3. The van der Waals surface area contributed by atoms with Crippen LogP contribution in [0.15, 0.2) is 36.4 Å². The number of carbonyl (C=O) groups excluding carboxylic acids is 1. The smallest absolute Gasteiger partial charge is 0.239 e. The van der Waals surface area contributed by atoms with Crippen molar-refractivity contribution in [1.29, 1.82) is 0 Å². The maximum absolute atomic E-state index is 12.7. The molecule has 1 aliphatic carbocycles. The molecular weight excluding hydrogens is 352 g/mol. The van der Waals surface area contributed by atoms with Crippen molar-refractivity contribution < 1.29 is 9.90 Å². The molecule has 1 heterocycles. The van der Waals surface area contributed by atoms with Gasteiger partial charge in [0, 0.05) is 24.6 Å². The molecule has 2 N–H and O–H groups in total. The van der Waals surface area contributed by atoms with Gasteiger partial charge in [0.2, 0.25) is 5.91 Å². The molecule has 1 saturated carbocycles. The van der Waals surface area contributed by atoms with Gasteiger partial charge in [-0.15, -0.1) is 0 Å². The first kappa shape index (κ1) is 20.6. The van der Waals surface area contributed by atoms with Crippen molar-refractivity contribution in [3.63, 3.8) is 0 Å². The molecule has 0 radical (unpaired) electrons. The molecule has 6 heteroatoms. The highest BCUT2D eigenvalue weighted by Crippen LogP contribution is 2.35. The van der Waals surface area contributed by atoms with Gasteiger partial charge in [-0.25, -0.2) is 4.68 Å². The highest BCUT2D eigenvalue weighted by molar-refractivity contribution is 5.91. The van der Waals surface area contributed by atoms with E-state index in [1.165, 1.54) is 12.8 Å². The Hall–Kier alpha value is -2.18. The van der Waals surface area contributed by atoms with E-state index in [1.807, 2.05) is 59.8 Å². The monoisotopic (exact) mass is 384 g/mol. The van der Waals surface area contributed by atoms with Crippen LogP contribution in [0.1, 0.15) is 58.1 Å². The van der Waals surface area contributed by atoms with Gasteiger partial charge in [0.25, 0.3) is 0 Å². The predicted octanol–water partition coefficient (Wildman–Crippen LogP) is 3.56. The van der Waals surface area contributed by atoms with Crippen LogP contribution in [0.25, 0.3) is 5.69 Å². The zero-order chi connectivity index (χ0) is 20.1. The molecule has 28 heavy (non-hydrogen) atoms. The molecular formula is C22H32N4O2. The first-order valence-corrected chi connectivity index (χ1v) is 10.3. The van der Waals surface area contributed by atoms with Crippen molar-refractivity contribution in [3.05, 3.63) is 42.1 Å². The lowest BCUT2D eigenvalue weighted by molar-refractivity contribution is -0.118. The summed E-state index contributed by atoms with van der Waals surface area (Å²) in [4.78, 5) is 14.7. The summed E-state index contributed by atoms with van der Waals surface area (Å²) < 4.78 is 1.83. The Bertz CT molecular complexity index is 764. The van der Waals surface area contributed by atoms with Crippen LogP contribution in [0.5, 0.6) is 0 Å². The fraction of sp³-hybridized carbons (Fsp3) is 0.545. The number of amides is 1. The maximum atomic E-state index is 12.7. The topological polar surface area (TPSA) is 70.4 Å². The number of anilines is 1. The van der Waals surface area contributed by atoms with Crippen LogP contribution in [-0.4, -0.2) is 50.9 Å².